The molecule has 7 heteroatoms. The largest absolute Gasteiger partial charge is 0.344 e. The first kappa shape index (κ1) is 17.0. The third-order valence-electron chi connectivity index (χ3n) is 4.67. The molecule has 2 aromatic rings. The van der Waals surface area contributed by atoms with E-state index in [-0.39, 0.29) is 11.1 Å². The third-order valence-corrected chi connectivity index (χ3v) is 4.97. The number of aryl methyl sites for hydroxylation is 1. The molecule has 6 nitrogen and oxygen atoms in total. The van der Waals surface area contributed by atoms with Gasteiger partial charge >= 0.3 is 0 Å². The van der Waals surface area contributed by atoms with E-state index in [4.69, 9.17) is 16.1 Å². The van der Waals surface area contributed by atoms with Crippen LogP contribution in [0.3, 0.4) is 0 Å². The number of hydrogen-bond acceptors (Lipinski definition) is 4. The van der Waals surface area contributed by atoms with Gasteiger partial charge in [0.25, 0.3) is 0 Å². The second kappa shape index (κ2) is 7.83. The van der Waals surface area contributed by atoms with E-state index >= 15 is 0 Å². The molecule has 2 aromatic heterocycles. The van der Waals surface area contributed by atoms with Gasteiger partial charge < -0.3 is 9.84 Å². The molecule has 0 bridgehead atoms. The summed E-state index contributed by atoms with van der Waals surface area (Å²) in [5, 5.41) is 14.1. The van der Waals surface area contributed by atoms with Crippen molar-refractivity contribution in [1.82, 2.24) is 15.4 Å². The highest BCUT2D eigenvalue weighted by molar-refractivity contribution is 6.29. The highest BCUT2D eigenvalue weighted by atomic mass is 35.5. The number of nitrogens with one attached hydrogen (secondary N) is 2. The number of amides is 1. The summed E-state index contributed by atoms with van der Waals surface area (Å²) in [6.45, 7) is 1.81. The molecule has 0 unspecified atom stereocenters. The Bertz CT molecular complexity index is 669. The van der Waals surface area contributed by atoms with Crippen LogP contribution in [0.2, 0.25) is 5.22 Å². The molecule has 3 rings (SSSR count). The van der Waals surface area contributed by atoms with Gasteiger partial charge in [-0.15, -0.1) is 0 Å². The molecule has 1 amide bonds. The Morgan fingerprint density at radius 3 is 2.92 bits per heavy atom. The number of hydrogen-bond donors (Lipinski definition) is 2. The average molecular weight is 351 g/mol. The minimum absolute atomic E-state index is 0.0950. The van der Waals surface area contributed by atoms with Crippen LogP contribution in [-0.4, -0.2) is 21.3 Å². The molecular weight excluding hydrogens is 328 g/mol. The highest BCUT2D eigenvalue weighted by Crippen LogP contribution is 2.27. The van der Waals surface area contributed by atoms with Gasteiger partial charge in [-0.3, -0.25) is 9.89 Å². The monoisotopic (exact) mass is 350 g/mol. The van der Waals surface area contributed by atoms with Gasteiger partial charge in [0.05, 0.1) is 5.69 Å². The number of carbonyl (C=O) groups is 1. The Balaban J connectivity index is 1.48. The van der Waals surface area contributed by atoms with Crippen molar-refractivity contribution < 1.29 is 9.32 Å². The van der Waals surface area contributed by atoms with Crippen LogP contribution in [0, 0.1) is 12.8 Å². The van der Waals surface area contributed by atoms with Crippen molar-refractivity contribution in [2.45, 2.75) is 58.3 Å². The van der Waals surface area contributed by atoms with Crippen LogP contribution in [0.15, 0.2) is 10.6 Å². The zero-order chi connectivity index (χ0) is 16.9. The highest BCUT2D eigenvalue weighted by Gasteiger charge is 2.16. The maximum absolute atomic E-state index is 12.1. The molecule has 1 aliphatic rings. The first-order chi connectivity index (χ1) is 11.6. The number of nitrogens with zero attached hydrogens (tertiary/aromatic N) is 2. The van der Waals surface area contributed by atoms with Crippen molar-refractivity contribution in [1.29, 1.82) is 0 Å². The normalized spacial score (nSPS) is 15.6. The Labute approximate surface area is 146 Å². The first-order valence-electron chi connectivity index (χ1n) is 8.56. The molecule has 24 heavy (non-hydrogen) atoms. The lowest BCUT2D eigenvalue weighted by Gasteiger charge is -2.20. The molecule has 2 N–H and O–H groups in total. The van der Waals surface area contributed by atoms with E-state index < -0.39 is 0 Å². The van der Waals surface area contributed by atoms with Crippen molar-refractivity contribution >= 4 is 23.3 Å². The zero-order valence-electron chi connectivity index (χ0n) is 13.9. The van der Waals surface area contributed by atoms with Gasteiger partial charge in [-0.1, -0.05) is 37.3 Å². The SMILES string of the molecule is Cc1noc(Cl)c1CCC(=O)Nc1cc(CC2CCCCC2)[nH]n1. The van der Waals surface area contributed by atoms with Crippen LogP contribution in [0.4, 0.5) is 5.82 Å². The molecule has 1 fully saturated rings. The fraction of sp³-hybridized carbons (Fsp3) is 0.588. The molecule has 0 atom stereocenters. The number of anilines is 1. The Morgan fingerprint density at radius 1 is 1.42 bits per heavy atom. The van der Waals surface area contributed by atoms with E-state index in [0.717, 1.165) is 29.3 Å². The topological polar surface area (TPSA) is 83.8 Å². The Morgan fingerprint density at radius 2 is 2.21 bits per heavy atom. The van der Waals surface area contributed by atoms with Crippen LogP contribution in [0.5, 0.6) is 0 Å². The number of rotatable bonds is 6. The molecule has 0 radical (unpaired) electrons. The maximum Gasteiger partial charge on any atom is 0.229 e. The number of aromatic nitrogens is 3. The van der Waals surface area contributed by atoms with Gasteiger partial charge in [-0.05, 0) is 37.3 Å². The molecular formula is C17H23ClN4O2. The predicted octanol–water partition coefficient (Wildman–Crippen LogP) is 4.05. The Hall–Kier alpha value is -1.82. The number of aromatic amines is 1. The lowest BCUT2D eigenvalue weighted by atomic mass is 9.86. The number of carbonyl (C=O) groups excluding carboxylic acids is 1. The third kappa shape index (κ3) is 4.38. The standard InChI is InChI=1S/C17H23ClN4O2/c1-11-14(17(18)24-22-11)7-8-16(23)19-15-10-13(20-21-15)9-12-5-3-2-4-6-12/h10,12H,2-9H2,1H3,(H2,19,20,21,23). The molecule has 0 saturated heterocycles. The second-order valence-electron chi connectivity index (χ2n) is 6.56. The maximum atomic E-state index is 12.1. The van der Waals surface area contributed by atoms with E-state index in [1.807, 2.05) is 13.0 Å². The van der Waals surface area contributed by atoms with Gasteiger partial charge in [0.1, 0.15) is 0 Å². The van der Waals surface area contributed by atoms with Crippen molar-refractivity contribution in [2.24, 2.45) is 5.92 Å². The van der Waals surface area contributed by atoms with Gasteiger partial charge in [0.15, 0.2) is 5.82 Å². The van der Waals surface area contributed by atoms with Gasteiger partial charge in [0.2, 0.25) is 11.1 Å². The molecule has 0 aliphatic heterocycles. The van der Waals surface area contributed by atoms with Crippen LogP contribution < -0.4 is 5.32 Å². The number of H-pyrrole nitrogens is 1. The van der Waals surface area contributed by atoms with Gasteiger partial charge in [-0.2, -0.15) is 5.10 Å². The molecule has 1 aliphatic carbocycles. The smallest absolute Gasteiger partial charge is 0.229 e. The van der Waals surface area contributed by atoms with E-state index in [1.54, 1.807) is 0 Å². The summed E-state index contributed by atoms with van der Waals surface area (Å²) in [5.41, 5.74) is 2.60. The summed E-state index contributed by atoms with van der Waals surface area (Å²) >= 11 is 5.91. The van der Waals surface area contributed by atoms with E-state index in [2.05, 4.69) is 20.7 Å². The van der Waals surface area contributed by atoms with Crippen LogP contribution in [-0.2, 0) is 17.6 Å². The van der Waals surface area contributed by atoms with Crippen molar-refractivity contribution in [2.75, 3.05) is 5.32 Å². The lowest BCUT2D eigenvalue weighted by molar-refractivity contribution is -0.116. The predicted molar refractivity (Wildman–Crippen MR) is 92.1 cm³/mol. The first-order valence-corrected chi connectivity index (χ1v) is 8.94. The Kier molecular flexibility index (Phi) is 5.56. The van der Waals surface area contributed by atoms with Gasteiger partial charge in [-0.25, -0.2) is 0 Å². The fourth-order valence-electron chi connectivity index (χ4n) is 3.32. The van der Waals surface area contributed by atoms with Crippen molar-refractivity contribution in [3.63, 3.8) is 0 Å². The van der Waals surface area contributed by atoms with E-state index in [9.17, 15) is 4.79 Å². The summed E-state index contributed by atoms with van der Waals surface area (Å²) in [6, 6.07) is 1.93. The van der Waals surface area contributed by atoms with E-state index in [1.165, 1.54) is 32.1 Å². The molecule has 2 heterocycles. The van der Waals surface area contributed by atoms with Crippen LogP contribution in [0.1, 0.15) is 55.5 Å². The van der Waals surface area contributed by atoms with Gasteiger partial charge in [0, 0.05) is 23.7 Å². The van der Waals surface area contributed by atoms with Crippen molar-refractivity contribution in [3.8, 4) is 0 Å². The lowest BCUT2D eigenvalue weighted by Crippen LogP contribution is -2.12. The fourth-order valence-corrected chi connectivity index (χ4v) is 3.58. The summed E-state index contributed by atoms with van der Waals surface area (Å²) in [4.78, 5) is 12.1. The second-order valence-corrected chi connectivity index (χ2v) is 6.90. The van der Waals surface area contributed by atoms with E-state index in [0.29, 0.717) is 18.7 Å². The minimum Gasteiger partial charge on any atom is -0.344 e. The average Bonchev–Trinajstić information content (AvgIpc) is 3.13. The summed E-state index contributed by atoms with van der Waals surface area (Å²) < 4.78 is 4.89. The van der Waals surface area contributed by atoms with Crippen LogP contribution in [0.25, 0.3) is 0 Å². The molecule has 0 aromatic carbocycles. The summed E-state index contributed by atoms with van der Waals surface area (Å²) in [5.74, 6) is 1.22. The number of halogens is 1. The summed E-state index contributed by atoms with van der Waals surface area (Å²) in [7, 11) is 0. The quantitative estimate of drug-likeness (QED) is 0.823. The summed E-state index contributed by atoms with van der Waals surface area (Å²) in [6.07, 6.45) is 8.42. The molecule has 1 saturated carbocycles. The minimum atomic E-state index is -0.0950. The zero-order valence-corrected chi connectivity index (χ0v) is 14.7. The van der Waals surface area contributed by atoms with Crippen LogP contribution >= 0.6 is 11.6 Å². The molecule has 0 spiro atoms. The molecule has 130 valence electrons. The van der Waals surface area contributed by atoms with Crippen molar-refractivity contribution in [3.05, 3.63) is 28.2 Å².